The summed E-state index contributed by atoms with van der Waals surface area (Å²) in [6.45, 7) is -0.252. The smallest absolute Gasteiger partial charge is 0.474 e. The van der Waals surface area contributed by atoms with Gasteiger partial charge in [0.05, 0.1) is 25.0 Å². The highest BCUT2D eigenvalue weighted by Crippen LogP contribution is 2.29. The predicted molar refractivity (Wildman–Crippen MR) is 129 cm³/mol. The molecule has 3 aromatic rings. The molecule has 11 heteroatoms. The third-order valence-electron chi connectivity index (χ3n) is 6.12. The minimum Gasteiger partial charge on any atom is -0.488 e. The van der Waals surface area contributed by atoms with Crippen LogP contribution >= 0.6 is 0 Å². The molecule has 10 nitrogen and oxygen atoms in total. The van der Waals surface area contributed by atoms with Crippen LogP contribution in [0.25, 0.3) is 10.9 Å². The van der Waals surface area contributed by atoms with Crippen LogP contribution in [0, 0.1) is 0 Å². The molecule has 1 amide bonds. The summed E-state index contributed by atoms with van der Waals surface area (Å²) in [5.41, 5.74) is 7.97. The molecule has 0 radical (unpaired) electrons. The van der Waals surface area contributed by atoms with E-state index in [0.717, 1.165) is 36.0 Å². The van der Waals surface area contributed by atoms with E-state index in [4.69, 9.17) is 10.5 Å². The number of anilines is 2. The number of hydrogen-bond donors (Lipinski definition) is 4. The maximum atomic E-state index is 11.9. The number of nitrogens with two attached hydrogens (primary N) is 1. The summed E-state index contributed by atoms with van der Waals surface area (Å²) in [5.74, 6) is 0.569. The number of aliphatic hydroxyl groups is 1. The SMILES string of the molecule is NCC(=O)N1N=Cc2ccc(Nc3ncc4cccc(O[C@H]5CC[C@@H](O)CC5)c4n3)cc2B1O. The Labute approximate surface area is 196 Å². The van der Waals surface area contributed by atoms with Gasteiger partial charge in [-0.2, -0.15) is 5.10 Å². The summed E-state index contributed by atoms with van der Waals surface area (Å²) in [7, 11) is -1.23. The van der Waals surface area contributed by atoms with Crippen molar-refractivity contribution in [1.29, 1.82) is 0 Å². The van der Waals surface area contributed by atoms with Crippen molar-refractivity contribution in [3.05, 3.63) is 48.2 Å². The van der Waals surface area contributed by atoms with E-state index in [1.807, 2.05) is 24.3 Å². The van der Waals surface area contributed by atoms with E-state index in [0.29, 0.717) is 33.9 Å². The Kier molecular flexibility index (Phi) is 6.14. The van der Waals surface area contributed by atoms with Gasteiger partial charge in [0.15, 0.2) is 0 Å². The molecule has 5 rings (SSSR count). The monoisotopic (exact) mass is 460 g/mol. The van der Waals surface area contributed by atoms with Gasteiger partial charge in [-0.25, -0.2) is 14.9 Å². The van der Waals surface area contributed by atoms with E-state index in [1.54, 1.807) is 18.3 Å². The Morgan fingerprint density at radius 1 is 1.24 bits per heavy atom. The van der Waals surface area contributed by atoms with Crippen molar-refractivity contribution in [2.75, 3.05) is 11.9 Å². The van der Waals surface area contributed by atoms with E-state index in [2.05, 4.69) is 20.4 Å². The molecular formula is C23H25BN6O4. The van der Waals surface area contributed by atoms with Crippen molar-refractivity contribution >= 4 is 47.2 Å². The van der Waals surface area contributed by atoms with E-state index in [1.165, 1.54) is 6.21 Å². The fraction of sp³-hybridized carbons (Fsp3) is 0.304. The number of carbonyl (C=O) groups is 1. The molecule has 1 saturated carbocycles. The molecule has 0 atom stereocenters. The molecule has 2 heterocycles. The third-order valence-corrected chi connectivity index (χ3v) is 6.12. The number of hydrazone groups is 1. The molecule has 5 N–H and O–H groups in total. The highest BCUT2D eigenvalue weighted by Gasteiger charge is 2.33. The first-order valence-corrected chi connectivity index (χ1v) is 11.3. The second-order valence-corrected chi connectivity index (χ2v) is 8.47. The van der Waals surface area contributed by atoms with Crippen LogP contribution in [0.4, 0.5) is 11.6 Å². The normalized spacial score (nSPS) is 19.7. The van der Waals surface area contributed by atoms with Gasteiger partial charge in [0.25, 0.3) is 0 Å². The van der Waals surface area contributed by atoms with Crippen LogP contribution in [0.1, 0.15) is 31.2 Å². The molecule has 1 aliphatic carbocycles. The van der Waals surface area contributed by atoms with E-state index in [-0.39, 0.29) is 18.8 Å². The van der Waals surface area contributed by atoms with Gasteiger partial charge in [0, 0.05) is 17.3 Å². The summed E-state index contributed by atoms with van der Waals surface area (Å²) in [5, 5.41) is 28.4. The lowest BCUT2D eigenvalue weighted by atomic mass is 9.69. The van der Waals surface area contributed by atoms with Crippen LogP contribution in [0.5, 0.6) is 5.75 Å². The maximum absolute atomic E-state index is 11.9. The second kappa shape index (κ2) is 9.37. The first-order valence-electron chi connectivity index (χ1n) is 11.3. The Balaban J connectivity index is 1.39. The fourth-order valence-corrected chi connectivity index (χ4v) is 4.26. The minimum absolute atomic E-state index is 0.0448. The average Bonchev–Trinajstić information content (AvgIpc) is 2.86. The molecule has 1 aromatic heterocycles. The molecular weight excluding hydrogens is 435 g/mol. The van der Waals surface area contributed by atoms with Gasteiger partial charge in [-0.05, 0) is 54.9 Å². The highest BCUT2D eigenvalue weighted by molar-refractivity contribution is 6.67. The van der Waals surface area contributed by atoms with E-state index >= 15 is 0 Å². The number of nitrogens with one attached hydrogen (secondary N) is 1. The molecule has 2 aliphatic rings. The van der Waals surface area contributed by atoms with Crippen LogP contribution in [0.2, 0.25) is 0 Å². The lowest BCUT2D eigenvalue weighted by Gasteiger charge is -2.26. The lowest BCUT2D eigenvalue weighted by Crippen LogP contribution is -2.53. The predicted octanol–water partition coefficient (Wildman–Crippen LogP) is 0.878. The van der Waals surface area contributed by atoms with Crippen LogP contribution < -0.4 is 21.3 Å². The Morgan fingerprint density at radius 2 is 2.06 bits per heavy atom. The zero-order chi connectivity index (χ0) is 23.7. The number of rotatable bonds is 5. The summed E-state index contributed by atoms with van der Waals surface area (Å²) in [6, 6.07) is 11.1. The van der Waals surface area contributed by atoms with Crippen molar-refractivity contribution in [2.24, 2.45) is 10.8 Å². The number of fused-ring (bicyclic) bond motifs is 2. The molecule has 0 saturated heterocycles. The summed E-state index contributed by atoms with van der Waals surface area (Å²) in [6.07, 6.45) is 6.12. The molecule has 2 aromatic carbocycles. The minimum atomic E-state index is -1.23. The van der Waals surface area contributed by atoms with Crippen LogP contribution in [-0.4, -0.2) is 62.9 Å². The van der Waals surface area contributed by atoms with Gasteiger partial charge in [0.2, 0.25) is 11.9 Å². The number of ether oxygens (including phenoxy) is 1. The van der Waals surface area contributed by atoms with Crippen molar-refractivity contribution in [1.82, 2.24) is 14.9 Å². The van der Waals surface area contributed by atoms with E-state index in [9.17, 15) is 14.9 Å². The Bertz CT molecular complexity index is 1250. The number of benzene rings is 2. The quantitative estimate of drug-likeness (QED) is 0.411. The average molecular weight is 460 g/mol. The van der Waals surface area contributed by atoms with Crippen molar-refractivity contribution in [3.63, 3.8) is 0 Å². The van der Waals surface area contributed by atoms with Crippen molar-refractivity contribution < 1.29 is 19.7 Å². The number of hydrogen-bond acceptors (Lipinski definition) is 9. The number of aromatic nitrogens is 2. The molecule has 0 bridgehead atoms. The molecule has 34 heavy (non-hydrogen) atoms. The number of amides is 1. The molecule has 1 fully saturated rings. The van der Waals surface area contributed by atoms with Crippen LogP contribution in [0.15, 0.2) is 47.7 Å². The maximum Gasteiger partial charge on any atom is 0.474 e. The molecule has 0 spiro atoms. The van der Waals surface area contributed by atoms with Gasteiger partial charge in [-0.3, -0.25) is 4.79 Å². The molecule has 0 unspecified atom stereocenters. The third kappa shape index (κ3) is 4.45. The topological polar surface area (TPSA) is 146 Å². The lowest BCUT2D eigenvalue weighted by molar-refractivity contribution is -0.125. The van der Waals surface area contributed by atoms with Crippen LogP contribution in [0.3, 0.4) is 0 Å². The van der Waals surface area contributed by atoms with Crippen LogP contribution in [-0.2, 0) is 4.79 Å². The highest BCUT2D eigenvalue weighted by atomic mass is 16.5. The zero-order valence-corrected chi connectivity index (χ0v) is 18.5. The van der Waals surface area contributed by atoms with E-state index < -0.39 is 13.0 Å². The zero-order valence-electron chi connectivity index (χ0n) is 18.5. The first-order chi connectivity index (χ1) is 16.5. The fourth-order valence-electron chi connectivity index (χ4n) is 4.26. The standard InChI is InChI=1S/C23H25BN6O4/c25-11-21(32)30-24(33)19-10-16(5-4-14(19)13-27-30)28-23-26-12-15-2-1-3-20(22(15)29-23)34-18-8-6-17(31)7-9-18/h1-5,10,12-13,17-18,31,33H,6-9,11,25H2,(H,26,28,29)/t17-,18+. The second-order valence-electron chi connectivity index (χ2n) is 8.47. The molecule has 1 aliphatic heterocycles. The first kappa shape index (κ1) is 22.3. The van der Waals surface area contributed by atoms with Gasteiger partial charge in [-0.1, -0.05) is 18.2 Å². The number of aliphatic hydroxyl groups excluding tert-OH is 1. The van der Waals surface area contributed by atoms with Crippen molar-refractivity contribution in [2.45, 2.75) is 37.9 Å². The number of nitrogens with zero attached hydrogens (tertiary/aromatic N) is 4. The largest absolute Gasteiger partial charge is 0.488 e. The van der Waals surface area contributed by atoms with Gasteiger partial charge >= 0.3 is 7.05 Å². The van der Waals surface area contributed by atoms with Gasteiger partial charge in [0.1, 0.15) is 11.3 Å². The summed E-state index contributed by atoms with van der Waals surface area (Å²) in [4.78, 5) is 22.0. The number of carbonyl (C=O) groups excluding carboxylic acids is 1. The van der Waals surface area contributed by atoms with Gasteiger partial charge < -0.3 is 25.9 Å². The Morgan fingerprint density at radius 3 is 2.85 bits per heavy atom. The number of para-hydroxylation sites is 1. The Hall–Kier alpha value is -3.54. The van der Waals surface area contributed by atoms with Crippen molar-refractivity contribution in [3.8, 4) is 5.75 Å². The summed E-state index contributed by atoms with van der Waals surface area (Å²) < 4.78 is 6.23. The summed E-state index contributed by atoms with van der Waals surface area (Å²) >= 11 is 0. The molecule has 174 valence electrons. The van der Waals surface area contributed by atoms with Gasteiger partial charge in [-0.15, -0.1) is 0 Å².